The van der Waals surface area contributed by atoms with Gasteiger partial charge in [-0.25, -0.2) is 4.68 Å². The third-order valence-corrected chi connectivity index (χ3v) is 1.54. The summed E-state index contributed by atoms with van der Waals surface area (Å²) in [6, 6.07) is 1.62. The first-order valence-corrected chi connectivity index (χ1v) is 3.05. The smallest absolute Gasteiger partial charge is 0.179 e. The van der Waals surface area contributed by atoms with Gasteiger partial charge in [0.1, 0.15) is 12.1 Å². The first-order valence-electron chi connectivity index (χ1n) is 3.05. The monoisotopic (exact) mass is 152 g/mol. The first kappa shape index (κ1) is 5.90. The van der Waals surface area contributed by atoms with E-state index in [0.29, 0.717) is 17.2 Å². The fourth-order valence-electron chi connectivity index (χ4n) is 1.07. The summed E-state index contributed by atoms with van der Waals surface area (Å²) >= 11 is 0. The number of nitrogen functional groups attached to an aromatic ring is 3. The quantitative estimate of drug-likeness (QED) is 0.422. The van der Waals surface area contributed by atoms with Gasteiger partial charge in [-0.05, 0) is 0 Å². The Morgan fingerprint density at radius 2 is 2.09 bits per heavy atom. The molecule has 0 saturated heterocycles. The Balaban J connectivity index is 2.98. The van der Waals surface area contributed by atoms with Crippen LogP contribution in [0.3, 0.4) is 0 Å². The minimum atomic E-state index is 0.488. The number of hydrogen-bond acceptors (Lipinski definition) is 4. The number of hydrogen-bond donors (Lipinski definition) is 3. The van der Waals surface area contributed by atoms with Crippen molar-refractivity contribution in [3.8, 4) is 0 Å². The SMILES string of the molecule is Nc1cc(N)n2ncn(N)c12. The standard InChI is InChI=1S/C5H8N6/c6-3-1-4(7)11-5(3)10(8)2-9-11/h1-2H,6-8H2. The van der Waals surface area contributed by atoms with E-state index in [0.717, 1.165) is 0 Å². The molecule has 0 fully saturated rings. The summed E-state index contributed by atoms with van der Waals surface area (Å²) in [7, 11) is 0. The van der Waals surface area contributed by atoms with Gasteiger partial charge in [-0.3, -0.25) is 0 Å². The maximum absolute atomic E-state index is 5.58. The normalized spacial score (nSPS) is 10.9. The van der Waals surface area contributed by atoms with Crippen molar-refractivity contribution in [2.24, 2.45) is 0 Å². The summed E-state index contributed by atoms with van der Waals surface area (Å²) in [5, 5.41) is 3.89. The van der Waals surface area contributed by atoms with Crippen LogP contribution in [-0.4, -0.2) is 14.3 Å². The van der Waals surface area contributed by atoms with Gasteiger partial charge in [0.25, 0.3) is 0 Å². The molecule has 2 aromatic heterocycles. The Morgan fingerprint density at radius 1 is 1.36 bits per heavy atom. The third kappa shape index (κ3) is 0.575. The molecule has 6 heteroatoms. The molecule has 2 rings (SSSR count). The Labute approximate surface area is 62.1 Å². The molecule has 0 aliphatic carbocycles. The van der Waals surface area contributed by atoms with Crippen LogP contribution in [-0.2, 0) is 0 Å². The van der Waals surface area contributed by atoms with E-state index in [4.69, 9.17) is 17.3 Å². The van der Waals surface area contributed by atoms with Gasteiger partial charge < -0.3 is 17.3 Å². The van der Waals surface area contributed by atoms with Gasteiger partial charge >= 0.3 is 0 Å². The number of aromatic nitrogens is 3. The van der Waals surface area contributed by atoms with Crippen molar-refractivity contribution < 1.29 is 0 Å². The van der Waals surface area contributed by atoms with Crippen LogP contribution < -0.4 is 17.3 Å². The second kappa shape index (κ2) is 1.60. The van der Waals surface area contributed by atoms with Crippen molar-refractivity contribution in [3.05, 3.63) is 12.4 Å². The highest BCUT2D eigenvalue weighted by atomic mass is 15.4. The number of nitrogens with zero attached hydrogens (tertiary/aromatic N) is 3. The highest BCUT2D eigenvalue weighted by molar-refractivity contribution is 5.71. The molecule has 0 bridgehead atoms. The molecule has 0 aliphatic rings. The van der Waals surface area contributed by atoms with Gasteiger partial charge in [-0.2, -0.15) is 9.61 Å². The van der Waals surface area contributed by atoms with Gasteiger partial charge in [-0.15, -0.1) is 0 Å². The van der Waals surface area contributed by atoms with Gasteiger partial charge in [0.05, 0.1) is 5.69 Å². The van der Waals surface area contributed by atoms with E-state index < -0.39 is 0 Å². The molecule has 0 saturated carbocycles. The summed E-state index contributed by atoms with van der Waals surface area (Å²) in [5.74, 6) is 5.98. The van der Waals surface area contributed by atoms with E-state index in [9.17, 15) is 0 Å². The first-order chi connectivity index (χ1) is 5.20. The van der Waals surface area contributed by atoms with E-state index in [1.165, 1.54) is 15.5 Å². The molecular formula is C5H8N6. The predicted molar refractivity (Wildman–Crippen MR) is 42.2 cm³/mol. The lowest BCUT2D eigenvalue weighted by Gasteiger charge is -1.89. The molecule has 0 amide bonds. The summed E-state index contributed by atoms with van der Waals surface area (Å²) in [5.41, 5.74) is 12.3. The average Bonchev–Trinajstić information content (AvgIpc) is 2.41. The summed E-state index contributed by atoms with van der Waals surface area (Å²) in [6.45, 7) is 0. The van der Waals surface area contributed by atoms with Crippen molar-refractivity contribution in [1.82, 2.24) is 14.3 Å². The molecule has 2 aromatic rings. The maximum Gasteiger partial charge on any atom is 0.179 e. The largest absolute Gasteiger partial charge is 0.396 e. The Hall–Kier alpha value is -1.85. The Morgan fingerprint density at radius 3 is 2.73 bits per heavy atom. The van der Waals surface area contributed by atoms with Crippen molar-refractivity contribution in [2.75, 3.05) is 17.3 Å². The molecule has 0 spiro atoms. The third-order valence-electron chi connectivity index (χ3n) is 1.54. The minimum Gasteiger partial charge on any atom is -0.396 e. The second-order valence-corrected chi connectivity index (χ2v) is 2.30. The van der Waals surface area contributed by atoms with Crippen LogP contribution in [0.1, 0.15) is 0 Å². The van der Waals surface area contributed by atoms with E-state index in [1.807, 2.05) is 0 Å². The minimum absolute atomic E-state index is 0.488. The molecule has 0 unspecified atom stereocenters. The molecule has 6 nitrogen and oxygen atoms in total. The zero-order valence-corrected chi connectivity index (χ0v) is 5.73. The van der Waals surface area contributed by atoms with E-state index in [-0.39, 0.29) is 0 Å². The van der Waals surface area contributed by atoms with Crippen LogP contribution in [0.25, 0.3) is 5.65 Å². The predicted octanol–water partition coefficient (Wildman–Crippen LogP) is -0.986. The zero-order valence-electron chi connectivity index (χ0n) is 5.73. The van der Waals surface area contributed by atoms with Crippen LogP contribution in [0.4, 0.5) is 11.5 Å². The Kier molecular flexibility index (Phi) is 0.857. The van der Waals surface area contributed by atoms with Crippen LogP contribution in [0.5, 0.6) is 0 Å². The summed E-state index contributed by atoms with van der Waals surface area (Å²) < 4.78 is 2.81. The van der Waals surface area contributed by atoms with E-state index in [1.54, 1.807) is 6.07 Å². The number of fused-ring (bicyclic) bond motifs is 1. The van der Waals surface area contributed by atoms with Crippen LogP contribution >= 0.6 is 0 Å². The molecule has 2 heterocycles. The van der Waals surface area contributed by atoms with Crippen LogP contribution in [0, 0.1) is 0 Å². The zero-order chi connectivity index (χ0) is 8.01. The van der Waals surface area contributed by atoms with Gasteiger partial charge in [0.15, 0.2) is 5.65 Å². The molecular weight excluding hydrogens is 144 g/mol. The van der Waals surface area contributed by atoms with Crippen molar-refractivity contribution in [1.29, 1.82) is 0 Å². The average molecular weight is 152 g/mol. The maximum atomic E-state index is 5.58. The highest BCUT2D eigenvalue weighted by Crippen LogP contribution is 2.17. The number of rotatable bonds is 0. The molecule has 0 radical (unpaired) electrons. The lowest BCUT2D eigenvalue weighted by molar-refractivity contribution is 0.982. The Bertz CT molecular complexity index is 396. The molecule has 58 valence electrons. The summed E-state index contributed by atoms with van der Waals surface area (Å²) in [4.78, 5) is 0. The molecule has 11 heavy (non-hydrogen) atoms. The van der Waals surface area contributed by atoms with Crippen LogP contribution in [0.15, 0.2) is 12.4 Å². The molecule has 0 aliphatic heterocycles. The second-order valence-electron chi connectivity index (χ2n) is 2.30. The topological polar surface area (TPSA) is 100 Å². The van der Waals surface area contributed by atoms with E-state index in [2.05, 4.69) is 5.10 Å². The number of nitrogens with two attached hydrogens (primary N) is 3. The molecule has 0 aromatic carbocycles. The van der Waals surface area contributed by atoms with Gasteiger partial charge in [0.2, 0.25) is 0 Å². The van der Waals surface area contributed by atoms with Crippen molar-refractivity contribution in [3.63, 3.8) is 0 Å². The lowest BCUT2D eigenvalue weighted by atomic mass is 10.5. The highest BCUT2D eigenvalue weighted by Gasteiger charge is 2.07. The fourth-order valence-corrected chi connectivity index (χ4v) is 1.07. The molecule has 0 atom stereocenters. The van der Waals surface area contributed by atoms with Gasteiger partial charge in [-0.1, -0.05) is 0 Å². The fraction of sp³-hybridized carbons (Fsp3) is 0. The van der Waals surface area contributed by atoms with Crippen molar-refractivity contribution in [2.45, 2.75) is 0 Å². The lowest BCUT2D eigenvalue weighted by Crippen LogP contribution is -2.06. The number of anilines is 2. The van der Waals surface area contributed by atoms with Crippen molar-refractivity contribution >= 4 is 17.2 Å². The van der Waals surface area contributed by atoms with Crippen LogP contribution in [0.2, 0.25) is 0 Å². The summed E-state index contributed by atoms with van der Waals surface area (Å²) in [6.07, 6.45) is 1.45. The molecule has 6 N–H and O–H groups in total. The van der Waals surface area contributed by atoms with E-state index >= 15 is 0 Å². The van der Waals surface area contributed by atoms with Gasteiger partial charge in [0, 0.05) is 6.07 Å².